The van der Waals surface area contributed by atoms with Crippen molar-refractivity contribution in [3.05, 3.63) is 12.2 Å². The van der Waals surface area contributed by atoms with E-state index in [4.69, 9.17) is 0 Å². The number of unbranched alkanes of at least 4 members (excludes halogenated alkanes) is 14. The lowest BCUT2D eigenvalue weighted by molar-refractivity contribution is 0.512. The minimum absolute atomic E-state index is 0.890. The lowest BCUT2D eigenvalue weighted by Crippen LogP contribution is -1.87. The fourth-order valence-corrected chi connectivity index (χ4v) is 3.15. The Balaban J connectivity index is 3.06. The number of rotatable bonds is 18. The molecule has 0 aliphatic carbocycles. The van der Waals surface area contributed by atoms with Crippen LogP contribution in [0.3, 0.4) is 0 Å². The van der Waals surface area contributed by atoms with E-state index in [1.54, 1.807) is 0 Å². The highest BCUT2D eigenvalue weighted by atomic mass is 14.0. The van der Waals surface area contributed by atoms with Crippen molar-refractivity contribution in [2.45, 2.75) is 130 Å². The van der Waals surface area contributed by atoms with Crippen LogP contribution in [-0.4, -0.2) is 0 Å². The third kappa shape index (κ3) is 21.7. The normalized spacial score (nSPS) is 11.8. The van der Waals surface area contributed by atoms with Crippen molar-refractivity contribution < 1.29 is 0 Å². The molecule has 0 amide bonds. The minimum atomic E-state index is 0.890. The highest BCUT2D eigenvalue weighted by Gasteiger charge is 1.94. The van der Waals surface area contributed by atoms with Gasteiger partial charge < -0.3 is 0 Å². The van der Waals surface area contributed by atoms with Gasteiger partial charge in [-0.05, 0) is 31.6 Å². The Morgan fingerprint density at radius 2 is 0.913 bits per heavy atom. The van der Waals surface area contributed by atoms with Crippen molar-refractivity contribution in [2.75, 3.05) is 0 Å². The predicted octanol–water partition coefficient (Wildman–Crippen LogP) is 8.85. The summed E-state index contributed by atoms with van der Waals surface area (Å²) in [5, 5.41) is 0. The highest BCUT2D eigenvalue weighted by molar-refractivity contribution is 4.81. The van der Waals surface area contributed by atoms with E-state index in [0.29, 0.717) is 0 Å². The van der Waals surface area contributed by atoms with Gasteiger partial charge in [-0.3, -0.25) is 0 Å². The molecule has 23 heavy (non-hydrogen) atoms. The minimum Gasteiger partial charge on any atom is -0.0885 e. The lowest BCUT2D eigenvalue weighted by atomic mass is 10.0. The maximum Gasteiger partial charge on any atom is -0.0351 e. The molecule has 0 aromatic rings. The van der Waals surface area contributed by atoms with Gasteiger partial charge in [0.2, 0.25) is 0 Å². The Bertz CT molecular complexity index is 226. The summed E-state index contributed by atoms with van der Waals surface area (Å²) < 4.78 is 0. The molecule has 0 aromatic carbocycles. The molecule has 0 nitrogen and oxygen atoms in total. The molecule has 0 aliphatic heterocycles. The van der Waals surface area contributed by atoms with Crippen LogP contribution in [0.1, 0.15) is 130 Å². The summed E-state index contributed by atoms with van der Waals surface area (Å²) in [6.45, 7) is 6.96. The van der Waals surface area contributed by atoms with E-state index in [1.807, 2.05) is 0 Å². The first-order chi connectivity index (χ1) is 11.3. The van der Waals surface area contributed by atoms with Crippen molar-refractivity contribution >= 4 is 0 Å². The van der Waals surface area contributed by atoms with E-state index >= 15 is 0 Å². The van der Waals surface area contributed by atoms with E-state index in [1.165, 1.54) is 109 Å². The SMILES string of the molecule is CCCCCCCCCC/C=C/CCCCCCCCC(C)C. The van der Waals surface area contributed by atoms with Gasteiger partial charge in [-0.15, -0.1) is 0 Å². The van der Waals surface area contributed by atoms with E-state index in [-0.39, 0.29) is 0 Å². The van der Waals surface area contributed by atoms with Gasteiger partial charge >= 0.3 is 0 Å². The summed E-state index contributed by atoms with van der Waals surface area (Å²) in [6, 6.07) is 0. The average Bonchev–Trinajstić information content (AvgIpc) is 2.53. The van der Waals surface area contributed by atoms with Crippen LogP contribution in [0.2, 0.25) is 0 Å². The van der Waals surface area contributed by atoms with Gasteiger partial charge in [0, 0.05) is 0 Å². The molecule has 0 saturated carbocycles. The smallest absolute Gasteiger partial charge is 0.0351 e. The standard InChI is InChI=1S/C23H46/c1-4-5-6-7-8-9-10-11-12-13-14-15-16-17-18-19-20-21-22-23(2)3/h13-14,23H,4-12,15-22H2,1-3H3/b14-13+. The Hall–Kier alpha value is -0.260. The Morgan fingerprint density at radius 1 is 0.522 bits per heavy atom. The highest BCUT2D eigenvalue weighted by Crippen LogP contribution is 2.13. The van der Waals surface area contributed by atoms with Crippen LogP contribution in [0.15, 0.2) is 12.2 Å². The molecule has 0 saturated heterocycles. The summed E-state index contributed by atoms with van der Waals surface area (Å²) in [6.07, 6.45) is 29.0. The van der Waals surface area contributed by atoms with Crippen LogP contribution in [0.25, 0.3) is 0 Å². The molecule has 0 heterocycles. The van der Waals surface area contributed by atoms with Crippen molar-refractivity contribution in [2.24, 2.45) is 5.92 Å². The zero-order valence-electron chi connectivity index (χ0n) is 16.8. The maximum atomic E-state index is 2.43. The molecule has 0 atom stereocenters. The molecule has 0 aliphatic rings. The van der Waals surface area contributed by atoms with E-state index < -0.39 is 0 Å². The van der Waals surface area contributed by atoms with Crippen molar-refractivity contribution in [3.63, 3.8) is 0 Å². The monoisotopic (exact) mass is 322 g/mol. The van der Waals surface area contributed by atoms with Gasteiger partial charge in [0.1, 0.15) is 0 Å². The van der Waals surface area contributed by atoms with E-state index in [0.717, 1.165) is 5.92 Å². The van der Waals surface area contributed by atoms with Gasteiger partial charge in [-0.1, -0.05) is 116 Å². The second kappa shape index (κ2) is 19.8. The molecule has 0 spiro atoms. The van der Waals surface area contributed by atoms with Crippen molar-refractivity contribution in [3.8, 4) is 0 Å². The number of allylic oxidation sites excluding steroid dienone is 2. The zero-order valence-corrected chi connectivity index (χ0v) is 16.8. The first-order valence-corrected chi connectivity index (χ1v) is 10.9. The van der Waals surface area contributed by atoms with Crippen LogP contribution in [0.5, 0.6) is 0 Å². The average molecular weight is 323 g/mol. The molecular weight excluding hydrogens is 276 g/mol. The number of hydrogen-bond acceptors (Lipinski definition) is 0. The molecule has 0 radical (unpaired) electrons. The van der Waals surface area contributed by atoms with Crippen molar-refractivity contribution in [1.29, 1.82) is 0 Å². The van der Waals surface area contributed by atoms with Gasteiger partial charge in [0.25, 0.3) is 0 Å². The molecule has 0 fully saturated rings. The second-order valence-electron chi connectivity index (χ2n) is 7.83. The Labute approximate surface area is 148 Å². The van der Waals surface area contributed by atoms with Gasteiger partial charge in [0.05, 0.1) is 0 Å². The summed E-state index contributed by atoms with van der Waals surface area (Å²) in [7, 11) is 0. The predicted molar refractivity (Wildman–Crippen MR) is 108 cm³/mol. The Kier molecular flexibility index (Phi) is 19.6. The third-order valence-corrected chi connectivity index (χ3v) is 4.79. The summed E-state index contributed by atoms with van der Waals surface area (Å²) in [5.41, 5.74) is 0. The first-order valence-electron chi connectivity index (χ1n) is 10.9. The van der Waals surface area contributed by atoms with Crippen LogP contribution in [-0.2, 0) is 0 Å². The molecule has 0 aromatic heterocycles. The summed E-state index contributed by atoms with van der Waals surface area (Å²) >= 11 is 0. The third-order valence-electron chi connectivity index (χ3n) is 4.79. The molecule has 0 unspecified atom stereocenters. The van der Waals surface area contributed by atoms with Crippen LogP contribution >= 0.6 is 0 Å². The Morgan fingerprint density at radius 3 is 1.35 bits per heavy atom. The molecule has 0 bridgehead atoms. The fraction of sp³-hybridized carbons (Fsp3) is 0.913. The topological polar surface area (TPSA) is 0 Å². The zero-order chi connectivity index (χ0) is 17.0. The first kappa shape index (κ1) is 22.7. The van der Waals surface area contributed by atoms with Crippen LogP contribution in [0.4, 0.5) is 0 Å². The molecule has 0 heteroatoms. The molecule has 0 N–H and O–H groups in total. The van der Waals surface area contributed by atoms with Gasteiger partial charge in [-0.2, -0.15) is 0 Å². The van der Waals surface area contributed by atoms with Crippen LogP contribution in [0, 0.1) is 5.92 Å². The maximum absolute atomic E-state index is 2.43. The summed E-state index contributed by atoms with van der Waals surface area (Å²) in [5.74, 6) is 0.890. The van der Waals surface area contributed by atoms with E-state index in [9.17, 15) is 0 Å². The largest absolute Gasteiger partial charge is 0.0885 e. The summed E-state index contributed by atoms with van der Waals surface area (Å²) in [4.78, 5) is 0. The van der Waals surface area contributed by atoms with Gasteiger partial charge in [-0.25, -0.2) is 0 Å². The van der Waals surface area contributed by atoms with Crippen molar-refractivity contribution in [1.82, 2.24) is 0 Å². The number of hydrogen-bond donors (Lipinski definition) is 0. The second-order valence-corrected chi connectivity index (χ2v) is 7.83. The quantitative estimate of drug-likeness (QED) is 0.174. The van der Waals surface area contributed by atoms with Crippen LogP contribution < -0.4 is 0 Å². The van der Waals surface area contributed by atoms with Gasteiger partial charge in [0.15, 0.2) is 0 Å². The fourth-order valence-electron chi connectivity index (χ4n) is 3.15. The molecular formula is C23H46. The lowest BCUT2D eigenvalue weighted by Gasteiger charge is -2.03. The van der Waals surface area contributed by atoms with E-state index in [2.05, 4.69) is 32.9 Å². The molecule has 0 rings (SSSR count). The molecule has 138 valence electrons.